The molecule has 1 N–H and O–H groups in total. The molecule has 1 fully saturated rings. The summed E-state index contributed by atoms with van der Waals surface area (Å²) in [5.41, 5.74) is -0.0409. The van der Waals surface area contributed by atoms with Crippen LogP contribution in [0.3, 0.4) is 0 Å². The van der Waals surface area contributed by atoms with Gasteiger partial charge in [-0.25, -0.2) is 0 Å². The fourth-order valence-corrected chi connectivity index (χ4v) is 3.26. The Labute approximate surface area is 149 Å². The Balaban J connectivity index is 1.70. The number of likely N-dealkylation sites (tertiary alicyclic amines) is 1. The van der Waals surface area contributed by atoms with E-state index in [2.05, 4.69) is 15.0 Å². The van der Waals surface area contributed by atoms with Crippen molar-refractivity contribution in [2.24, 2.45) is 0 Å². The molecule has 1 aliphatic rings. The van der Waals surface area contributed by atoms with Gasteiger partial charge in [-0.2, -0.15) is 18.3 Å². The highest BCUT2D eigenvalue weighted by Crippen LogP contribution is 2.31. The van der Waals surface area contributed by atoms with Crippen molar-refractivity contribution in [1.82, 2.24) is 25.0 Å². The maximum atomic E-state index is 12.6. The first-order chi connectivity index (χ1) is 12.4. The van der Waals surface area contributed by atoms with E-state index in [1.165, 1.54) is 10.9 Å². The summed E-state index contributed by atoms with van der Waals surface area (Å²) in [4.78, 5) is 18.9. The second kappa shape index (κ2) is 7.45. The lowest BCUT2D eigenvalue weighted by molar-refractivity contribution is -0.146. The number of carbonyl (C=O) groups excluding carboxylic acids is 1. The van der Waals surface area contributed by atoms with Crippen molar-refractivity contribution in [3.63, 3.8) is 0 Å². The highest BCUT2D eigenvalue weighted by atomic mass is 19.4. The smallest absolute Gasteiger partial charge is 0.345 e. The molecule has 0 bridgehead atoms. The van der Waals surface area contributed by atoms with E-state index in [4.69, 9.17) is 0 Å². The van der Waals surface area contributed by atoms with Crippen LogP contribution in [0.25, 0.3) is 0 Å². The van der Waals surface area contributed by atoms with Gasteiger partial charge in [-0.05, 0) is 30.5 Å². The zero-order chi connectivity index (χ0) is 18.6. The lowest BCUT2D eigenvalue weighted by Crippen LogP contribution is -2.56. The van der Waals surface area contributed by atoms with Crippen LogP contribution in [0, 0.1) is 0 Å². The minimum absolute atomic E-state index is 0.388. The summed E-state index contributed by atoms with van der Waals surface area (Å²) in [6.45, 7) is 0.504. The van der Waals surface area contributed by atoms with Gasteiger partial charge in [-0.1, -0.05) is 6.07 Å². The maximum Gasteiger partial charge on any atom is 0.405 e. The number of hydrogen-bond acceptors (Lipinski definition) is 4. The van der Waals surface area contributed by atoms with E-state index in [1.54, 1.807) is 24.7 Å². The highest BCUT2D eigenvalue weighted by Gasteiger charge is 2.44. The third-order valence-corrected chi connectivity index (χ3v) is 4.63. The largest absolute Gasteiger partial charge is 0.405 e. The second-order valence-corrected chi connectivity index (χ2v) is 6.42. The number of piperidine rings is 1. The number of pyridine rings is 1. The zero-order valence-electron chi connectivity index (χ0n) is 14.1. The average Bonchev–Trinajstić information content (AvgIpc) is 3.16. The van der Waals surface area contributed by atoms with Crippen LogP contribution in [0.1, 0.15) is 18.4 Å². The van der Waals surface area contributed by atoms with Crippen LogP contribution in [-0.2, 0) is 16.9 Å². The molecule has 9 heteroatoms. The summed E-state index contributed by atoms with van der Waals surface area (Å²) in [6.07, 6.45) is 2.98. The Hall–Kier alpha value is -2.42. The van der Waals surface area contributed by atoms with Gasteiger partial charge in [-0.15, -0.1) is 0 Å². The number of nitrogens with one attached hydrogen (secondary N) is 1. The van der Waals surface area contributed by atoms with Crippen molar-refractivity contribution < 1.29 is 18.0 Å². The molecule has 0 aliphatic carbocycles. The molecule has 3 heterocycles. The normalized spacial score (nSPS) is 17.8. The molecule has 2 aromatic heterocycles. The summed E-state index contributed by atoms with van der Waals surface area (Å²) in [5.74, 6) is -0.639. The van der Waals surface area contributed by atoms with Gasteiger partial charge >= 0.3 is 6.18 Å². The van der Waals surface area contributed by atoms with E-state index in [-0.39, 0.29) is 0 Å². The Morgan fingerprint density at radius 3 is 2.58 bits per heavy atom. The third kappa shape index (κ3) is 4.21. The molecule has 1 amide bonds. The predicted molar refractivity (Wildman–Crippen MR) is 88.0 cm³/mol. The Morgan fingerprint density at radius 2 is 2.00 bits per heavy atom. The van der Waals surface area contributed by atoms with Crippen LogP contribution in [0.2, 0.25) is 0 Å². The van der Waals surface area contributed by atoms with Crippen LogP contribution in [0.15, 0.2) is 43.0 Å². The molecule has 6 nitrogen and oxygen atoms in total. The summed E-state index contributed by atoms with van der Waals surface area (Å²) in [7, 11) is 0. The van der Waals surface area contributed by atoms with Crippen LogP contribution < -0.4 is 5.32 Å². The van der Waals surface area contributed by atoms with Gasteiger partial charge in [-0.3, -0.25) is 19.4 Å². The standard InChI is InChI=1S/C17H20F3N5O/c18-17(19,20)13-22-15(26)16(25-8-2-7-23-25)4-9-24(10-5-16)12-14-3-1-6-21-11-14/h1-3,6-8,11H,4-5,9-10,12-13H2,(H,22,26). The van der Waals surface area contributed by atoms with Crippen LogP contribution >= 0.6 is 0 Å². The first-order valence-corrected chi connectivity index (χ1v) is 8.35. The van der Waals surface area contributed by atoms with Gasteiger partial charge in [0.1, 0.15) is 12.1 Å². The van der Waals surface area contributed by atoms with Gasteiger partial charge in [0.15, 0.2) is 0 Å². The number of nitrogens with zero attached hydrogens (tertiary/aromatic N) is 4. The Bertz CT molecular complexity index is 710. The SMILES string of the molecule is O=C(NCC(F)(F)F)C1(n2cccn2)CCN(Cc2cccnc2)CC1. The van der Waals surface area contributed by atoms with Crippen molar-refractivity contribution in [3.8, 4) is 0 Å². The first-order valence-electron chi connectivity index (χ1n) is 8.35. The molecular weight excluding hydrogens is 347 g/mol. The van der Waals surface area contributed by atoms with Crippen molar-refractivity contribution in [3.05, 3.63) is 48.5 Å². The molecule has 0 unspecified atom stereocenters. The number of halogens is 3. The average molecular weight is 367 g/mol. The van der Waals surface area contributed by atoms with E-state index in [0.717, 1.165) is 5.56 Å². The number of amides is 1. The second-order valence-electron chi connectivity index (χ2n) is 6.42. The predicted octanol–water partition coefficient (Wildman–Crippen LogP) is 1.95. The fraction of sp³-hybridized carbons (Fsp3) is 0.471. The van der Waals surface area contributed by atoms with Crippen molar-refractivity contribution >= 4 is 5.91 Å². The molecule has 0 atom stereocenters. The molecule has 0 aromatic carbocycles. The quantitative estimate of drug-likeness (QED) is 0.878. The number of alkyl halides is 3. The van der Waals surface area contributed by atoms with Gasteiger partial charge in [0.05, 0.1) is 0 Å². The third-order valence-electron chi connectivity index (χ3n) is 4.63. The molecule has 0 saturated carbocycles. The number of hydrogen-bond donors (Lipinski definition) is 1. The zero-order valence-corrected chi connectivity index (χ0v) is 14.1. The van der Waals surface area contributed by atoms with Crippen molar-refractivity contribution in [1.29, 1.82) is 0 Å². The number of rotatable bonds is 5. The molecule has 3 rings (SSSR count). The minimum Gasteiger partial charge on any atom is -0.345 e. The van der Waals surface area contributed by atoms with Crippen molar-refractivity contribution in [2.75, 3.05) is 19.6 Å². The Morgan fingerprint density at radius 1 is 1.23 bits per heavy atom. The summed E-state index contributed by atoms with van der Waals surface area (Å²) < 4.78 is 39.0. The molecule has 1 aliphatic heterocycles. The van der Waals surface area contributed by atoms with E-state index in [0.29, 0.717) is 32.5 Å². The fourth-order valence-electron chi connectivity index (χ4n) is 3.26. The number of aromatic nitrogens is 3. The van der Waals surface area contributed by atoms with E-state index >= 15 is 0 Å². The summed E-state index contributed by atoms with van der Waals surface area (Å²) in [5, 5.41) is 6.17. The lowest BCUT2D eigenvalue weighted by atomic mass is 9.86. The molecule has 0 spiro atoms. The van der Waals surface area contributed by atoms with Gasteiger partial charge in [0.25, 0.3) is 0 Å². The van der Waals surface area contributed by atoms with Gasteiger partial charge < -0.3 is 5.32 Å². The van der Waals surface area contributed by atoms with Crippen LogP contribution in [-0.4, -0.2) is 51.4 Å². The molecule has 140 valence electrons. The minimum atomic E-state index is -4.44. The van der Waals surface area contributed by atoms with Gasteiger partial charge in [0.2, 0.25) is 5.91 Å². The van der Waals surface area contributed by atoms with Crippen LogP contribution in [0.4, 0.5) is 13.2 Å². The maximum absolute atomic E-state index is 12.6. The topological polar surface area (TPSA) is 63.1 Å². The lowest BCUT2D eigenvalue weighted by Gasteiger charge is -2.40. The molecule has 2 aromatic rings. The number of carbonyl (C=O) groups is 1. The summed E-state index contributed by atoms with van der Waals surface area (Å²) in [6, 6.07) is 5.50. The molecule has 1 saturated heterocycles. The molecular formula is C17H20F3N5O. The molecule has 0 radical (unpaired) electrons. The van der Waals surface area contributed by atoms with E-state index < -0.39 is 24.2 Å². The van der Waals surface area contributed by atoms with E-state index in [9.17, 15) is 18.0 Å². The monoisotopic (exact) mass is 367 g/mol. The van der Waals surface area contributed by atoms with Crippen LogP contribution in [0.5, 0.6) is 0 Å². The van der Waals surface area contributed by atoms with Gasteiger partial charge in [0, 0.05) is 44.4 Å². The Kier molecular flexibility index (Phi) is 5.26. The first kappa shape index (κ1) is 18.4. The van der Waals surface area contributed by atoms with Crippen molar-refractivity contribution in [2.45, 2.75) is 31.1 Å². The van der Waals surface area contributed by atoms with E-state index in [1.807, 2.05) is 17.4 Å². The summed E-state index contributed by atoms with van der Waals surface area (Å²) >= 11 is 0. The molecule has 26 heavy (non-hydrogen) atoms. The highest BCUT2D eigenvalue weighted by molar-refractivity contribution is 5.84.